The second kappa shape index (κ2) is 11.4. The molecule has 1 aliphatic rings. The lowest BCUT2D eigenvalue weighted by molar-refractivity contribution is 0.340. The van der Waals surface area contributed by atoms with Crippen LogP contribution in [-0.4, -0.2) is 61.0 Å². The largest absolute Gasteiger partial charge is 0.494 e. The molecule has 0 amide bonds. The minimum absolute atomic E-state index is 0.0943. The summed E-state index contributed by atoms with van der Waals surface area (Å²) in [6, 6.07) is 13.1. The molecule has 0 radical (unpaired) electrons. The molecule has 1 aliphatic heterocycles. The molecule has 39 heavy (non-hydrogen) atoms. The third-order valence-electron chi connectivity index (χ3n) is 6.87. The molecule has 5 rings (SSSR count). The quantitative estimate of drug-likeness (QED) is 0.270. The monoisotopic (exact) mass is 569 g/mol. The molecule has 1 aromatic heterocycles. The molecule has 1 fully saturated rings. The van der Waals surface area contributed by atoms with Crippen LogP contribution in [0.1, 0.15) is 24.8 Å². The Morgan fingerprint density at radius 1 is 1.08 bits per heavy atom. The van der Waals surface area contributed by atoms with Gasteiger partial charge in [-0.3, -0.25) is 0 Å². The summed E-state index contributed by atoms with van der Waals surface area (Å²) in [5, 5.41) is 11.8. The molecular formula is C28H29ClFN5O3S. The Balaban J connectivity index is 1.32. The molecule has 1 N–H and O–H groups in total. The highest BCUT2D eigenvalue weighted by molar-refractivity contribution is 7.91. The molecule has 0 aliphatic carbocycles. The number of anilines is 2. The fraction of sp³-hybridized carbons (Fsp3) is 0.321. The number of methoxy groups -OCH3 is 1. The number of fused-ring (bicyclic) bond motifs is 1. The lowest BCUT2D eigenvalue weighted by atomic mass is 10.0. The van der Waals surface area contributed by atoms with Gasteiger partial charge in [0.1, 0.15) is 5.52 Å². The number of sulfone groups is 1. The number of nitrogens with one attached hydrogen (secondary N) is 1. The van der Waals surface area contributed by atoms with E-state index >= 15 is 0 Å². The Morgan fingerprint density at radius 3 is 2.54 bits per heavy atom. The van der Waals surface area contributed by atoms with E-state index in [4.69, 9.17) is 16.3 Å². The van der Waals surface area contributed by atoms with Crippen LogP contribution in [0.3, 0.4) is 0 Å². The molecule has 4 aromatic rings. The topological polar surface area (TPSA) is 97.3 Å². The summed E-state index contributed by atoms with van der Waals surface area (Å²) < 4.78 is 45.6. The van der Waals surface area contributed by atoms with E-state index in [2.05, 4.69) is 25.4 Å². The zero-order chi connectivity index (χ0) is 27.6. The smallest absolute Gasteiger partial charge is 0.247 e. The fourth-order valence-corrected chi connectivity index (χ4v) is 6.39. The maximum absolute atomic E-state index is 15.0. The first kappa shape index (κ1) is 27.2. The van der Waals surface area contributed by atoms with Gasteiger partial charge in [-0.25, -0.2) is 17.8 Å². The number of halogens is 2. The van der Waals surface area contributed by atoms with Crippen molar-refractivity contribution < 1.29 is 17.5 Å². The Hall–Kier alpha value is -3.34. The molecule has 11 heteroatoms. The van der Waals surface area contributed by atoms with Gasteiger partial charge in [-0.05, 0) is 105 Å². The summed E-state index contributed by atoms with van der Waals surface area (Å²) in [6.07, 6.45) is 3.00. The lowest BCUT2D eigenvalue weighted by Gasteiger charge is -2.14. The summed E-state index contributed by atoms with van der Waals surface area (Å²) in [4.78, 5) is 7.18. The summed E-state index contributed by atoms with van der Waals surface area (Å²) >= 11 is 6.31. The molecule has 1 saturated heterocycles. The van der Waals surface area contributed by atoms with Gasteiger partial charge in [-0.2, -0.15) is 0 Å². The Kier molecular flexibility index (Phi) is 7.97. The van der Waals surface area contributed by atoms with Gasteiger partial charge in [0.25, 0.3) is 0 Å². The predicted octanol–water partition coefficient (Wildman–Crippen LogP) is 5.80. The molecule has 0 spiro atoms. The number of likely N-dealkylation sites (tertiary alicyclic amines) is 1. The minimum atomic E-state index is -3.36. The highest BCUT2D eigenvalue weighted by atomic mass is 35.5. The van der Waals surface area contributed by atoms with Crippen LogP contribution in [0.2, 0.25) is 5.02 Å². The highest BCUT2D eigenvalue weighted by Gasteiger charge is 2.19. The molecular weight excluding hydrogens is 541 g/mol. The number of ether oxygens (including phenoxy) is 1. The van der Waals surface area contributed by atoms with Crippen molar-refractivity contribution in [1.82, 2.24) is 20.1 Å². The zero-order valence-electron chi connectivity index (χ0n) is 21.7. The van der Waals surface area contributed by atoms with Crippen molar-refractivity contribution in [2.75, 3.05) is 37.8 Å². The van der Waals surface area contributed by atoms with Crippen molar-refractivity contribution in [3.63, 3.8) is 0 Å². The van der Waals surface area contributed by atoms with Gasteiger partial charge in [0.05, 0.1) is 28.3 Å². The maximum atomic E-state index is 15.0. The van der Waals surface area contributed by atoms with E-state index in [1.807, 2.05) is 6.92 Å². The van der Waals surface area contributed by atoms with E-state index in [0.29, 0.717) is 33.6 Å². The molecule has 3 aromatic carbocycles. The van der Waals surface area contributed by atoms with Crippen molar-refractivity contribution in [3.8, 4) is 16.9 Å². The van der Waals surface area contributed by atoms with Crippen molar-refractivity contribution in [1.29, 1.82) is 0 Å². The van der Waals surface area contributed by atoms with Crippen molar-refractivity contribution >= 4 is 44.1 Å². The van der Waals surface area contributed by atoms with Crippen LogP contribution in [0.4, 0.5) is 16.0 Å². The summed E-state index contributed by atoms with van der Waals surface area (Å²) in [5.41, 5.74) is 3.21. The maximum Gasteiger partial charge on any atom is 0.247 e. The fourth-order valence-electron chi connectivity index (χ4n) is 4.84. The predicted molar refractivity (Wildman–Crippen MR) is 151 cm³/mol. The van der Waals surface area contributed by atoms with Crippen LogP contribution in [-0.2, 0) is 9.84 Å². The molecule has 0 bridgehead atoms. The van der Waals surface area contributed by atoms with E-state index < -0.39 is 15.7 Å². The summed E-state index contributed by atoms with van der Waals surface area (Å²) in [5.74, 6) is -0.0814. The Labute approximate surface area is 232 Å². The summed E-state index contributed by atoms with van der Waals surface area (Å²) in [7, 11) is -1.96. The average molecular weight is 570 g/mol. The van der Waals surface area contributed by atoms with E-state index in [0.717, 1.165) is 25.2 Å². The van der Waals surface area contributed by atoms with E-state index in [1.165, 1.54) is 26.0 Å². The second-order valence-corrected chi connectivity index (χ2v) is 12.1. The van der Waals surface area contributed by atoms with Gasteiger partial charge in [-0.1, -0.05) is 11.6 Å². The number of benzene rings is 3. The van der Waals surface area contributed by atoms with Crippen LogP contribution >= 0.6 is 11.6 Å². The van der Waals surface area contributed by atoms with E-state index in [1.54, 1.807) is 42.5 Å². The number of aromatic nitrogens is 3. The SMILES string of the molecule is COc1ccc(Cl)c(-c2cc(C)c3nc(Nc4ccc(S(=O)(=O)CCCN5CCCC5)cc4)nnc3c2)c1F. The molecule has 0 unspecified atom stereocenters. The standard InChI is InChI=1S/C28H29ClFN5O3S/c1-18-16-19(25-22(29)10-11-24(38-2)26(25)30)17-23-27(18)32-28(34-33-23)31-20-6-8-21(9-7-20)39(36,37)15-5-14-35-12-3-4-13-35/h6-11,16-17H,3-5,12-15H2,1-2H3,(H,31,32,34). The Morgan fingerprint density at radius 2 is 1.82 bits per heavy atom. The molecule has 0 atom stereocenters. The molecule has 0 saturated carbocycles. The number of hydrogen-bond donors (Lipinski definition) is 1. The summed E-state index contributed by atoms with van der Waals surface area (Å²) in [6.45, 7) is 4.77. The van der Waals surface area contributed by atoms with Gasteiger partial charge < -0.3 is 15.0 Å². The molecule has 2 heterocycles. The van der Waals surface area contributed by atoms with Gasteiger partial charge in [-0.15, -0.1) is 10.2 Å². The second-order valence-electron chi connectivity index (χ2n) is 9.61. The van der Waals surface area contributed by atoms with Gasteiger partial charge in [0.2, 0.25) is 5.95 Å². The first-order chi connectivity index (χ1) is 18.7. The van der Waals surface area contributed by atoms with Crippen molar-refractivity contribution in [3.05, 3.63) is 64.9 Å². The minimum Gasteiger partial charge on any atom is -0.494 e. The zero-order valence-corrected chi connectivity index (χ0v) is 23.3. The lowest BCUT2D eigenvalue weighted by Crippen LogP contribution is -2.22. The third kappa shape index (κ3) is 5.98. The highest BCUT2D eigenvalue weighted by Crippen LogP contribution is 2.37. The van der Waals surface area contributed by atoms with E-state index in [-0.39, 0.29) is 28.0 Å². The number of rotatable bonds is 9. The van der Waals surface area contributed by atoms with Gasteiger partial charge >= 0.3 is 0 Å². The first-order valence-corrected chi connectivity index (χ1v) is 14.8. The van der Waals surface area contributed by atoms with Crippen molar-refractivity contribution in [2.24, 2.45) is 0 Å². The number of aryl methyl sites for hydroxylation is 1. The van der Waals surface area contributed by atoms with Crippen LogP contribution in [0.5, 0.6) is 5.75 Å². The van der Waals surface area contributed by atoms with Crippen LogP contribution in [0.15, 0.2) is 53.4 Å². The van der Waals surface area contributed by atoms with Crippen molar-refractivity contribution in [2.45, 2.75) is 31.1 Å². The van der Waals surface area contributed by atoms with Crippen LogP contribution in [0.25, 0.3) is 22.2 Å². The molecule has 8 nitrogen and oxygen atoms in total. The molecule has 204 valence electrons. The third-order valence-corrected chi connectivity index (χ3v) is 9.00. The number of hydrogen-bond acceptors (Lipinski definition) is 8. The van der Waals surface area contributed by atoms with Gasteiger partial charge in [0, 0.05) is 11.3 Å². The first-order valence-electron chi connectivity index (χ1n) is 12.7. The number of nitrogens with zero attached hydrogens (tertiary/aromatic N) is 4. The average Bonchev–Trinajstić information content (AvgIpc) is 3.43. The van der Waals surface area contributed by atoms with Crippen LogP contribution in [0, 0.1) is 12.7 Å². The van der Waals surface area contributed by atoms with Gasteiger partial charge in [0.15, 0.2) is 21.4 Å². The normalized spacial score (nSPS) is 14.2. The Bertz CT molecular complexity index is 1610. The van der Waals surface area contributed by atoms with E-state index in [9.17, 15) is 12.8 Å². The van der Waals surface area contributed by atoms with Crippen LogP contribution < -0.4 is 10.1 Å².